The first-order chi connectivity index (χ1) is 8.79. The lowest BCUT2D eigenvalue weighted by molar-refractivity contribution is 0.306. The van der Waals surface area contributed by atoms with E-state index in [0.29, 0.717) is 12.2 Å². The minimum absolute atomic E-state index is 0.139. The molecule has 0 aromatic heterocycles. The zero-order valence-electron chi connectivity index (χ0n) is 10.2. The third kappa shape index (κ3) is 3.10. The van der Waals surface area contributed by atoms with Gasteiger partial charge in [0, 0.05) is 5.56 Å². The Kier molecular flexibility index (Phi) is 3.97. The molecular formula is C15H15NO2. The van der Waals surface area contributed by atoms with Crippen molar-refractivity contribution in [3.05, 3.63) is 65.7 Å². The molecule has 3 nitrogen and oxygen atoms in total. The van der Waals surface area contributed by atoms with Gasteiger partial charge in [-0.05, 0) is 23.8 Å². The summed E-state index contributed by atoms with van der Waals surface area (Å²) in [5, 5.41) is 7.59. The number of ether oxygens (including phenoxy) is 2. The zero-order valence-corrected chi connectivity index (χ0v) is 10.2. The molecule has 0 bridgehead atoms. The molecule has 3 heteroatoms. The van der Waals surface area contributed by atoms with E-state index < -0.39 is 0 Å². The molecule has 2 aromatic rings. The van der Waals surface area contributed by atoms with Crippen molar-refractivity contribution < 1.29 is 9.47 Å². The normalized spacial score (nSPS) is 9.83. The Morgan fingerprint density at radius 3 is 2.56 bits per heavy atom. The predicted molar refractivity (Wildman–Crippen MR) is 71.1 cm³/mol. The van der Waals surface area contributed by atoms with Gasteiger partial charge >= 0.3 is 0 Å². The molecule has 18 heavy (non-hydrogen) atoms. The van der Waals surface area contributed by atoms with Crippen molar-refractivity contribution >= 4 is 5.90 Å². The Hall–Kier alpha value is -2.29. The molecule has 0 amide bonds. The molecular weight excluding hydrogens is 226 g/mol. The molecule has 0 saturated heterocycles. The highest BCUT2D eigenvalue weighted by molar-refractivity contribution is 5.91. The van der Waals surface area contributed by atoms with Gasteiger partial charge in [-0.25, -0.2) is 0 Å². The maximum atomic E-state index is 7.59. The summed E-state index contributed by atoms with van der Waals surface area (Å²) in [6, 6.07) is 17.3. The lowest BCUT2D eigenvalue weighted by atomic mass is 10.2. The lowest BCUT2D eigenvalue weighted by Gasteiger charge is -2.08. The summed E-state index contributed by atoms with van der Waals surface area (Å²) >= 11 is 0. The van der Waals surface area contributed by atoms with Crippen molar-refractivity contribution in [3.63, 3.8) is 0 Å². The smallest absolute Gasteiger partial charge is 0.213 e. The van der Waals surface area contributed by atoms with Crippen molar-refractivity contribution in [2.75, 3.05) is 7.11 Å². The van der Waals surface area contributed by atoms with Crippen LogP contribution in [0.1, 0.15) is 11.1 Å². The average Bonchev–Trinajstić information content (AvgIpc) is 2.45. The minimum atomic E-state index is 0.139. The first-order valence-corrected chi connectivity index (χ1v) is 5.69. The van der Waals surface area contributed by atoms with Crippen LogP contribution in [-0.2, 0) is 11.3 Å². The molecule has 0 fully saturated rings. The standard InChI is InChI=1S/C15H15NO2/c1-17-15(16)13-8-5-9-14(10-13)18-11-12-6-3-2-4-7-12/h2-10,16H,11H2,1H3. The average molecular weight is 241 g/mol. The van der Waals surface area contributed by atoms with Crippen LogP contribution in [-0.4, -0.2) is 13.0 Å². The molecule has 0 atom stereocenters. The number of hydrogen-bond donors (Lipinski definition) is 1. The fourth-order valence-electron chi connectivity index (χ4n) is 1.59. The number of nitrogens with one attached hydrogen (secondary N) is 1. The van der Waals surface area contributed by atoms with Gasteiger partial charge in [0.1, 0.15) is 12.4 Å². The quantitative estimate of drug-likeness (QED) is 0.659. The van der Waals surface area contributed by atoms with E-state index in [0.717, 1.165) is 11.3 Å². The van der Waals surface area contributed by atoms with Gasteiger partial charge in [-0.2, -0.15) is 0 Å². The Morgan fingerprint density at radius 1 is 1.06 bits per heavy atom. The monoisotopic (exact) mass is 241 g/mol. The second-order valence-corrected chi connectivity index (χ2v) is 3.84. The largest absolute Gasteiger partial charge is 0.489 e. The molecule has 0 aliphatic rings. The molecule has 0 spiro atoms. The molecule has 0 aliphatic heterocycles. The van der Waals surface area contributed by atoms with Crippen LogP contribution in [0, 0.1) is 5.41 Å². The van der Waals surface area contributed by atoms with E-state index in [1.54, 1.807) is 6.07 Å². The molecule has 2 aromatic carbocycles. The van der Waals surface area contributed by atoms with E-state index in [1.807, 2.05) is 48.5 Å². The van der Waals surface area contributed by atoms with Crippen molar-refractivity contribution in [1.82, 2.24) is 0 Å². The van der Waals surface area contributed by atoms with Gasteiger partial charge < -0.3 is 9.47 Å². The molecule has 2 rings (SSSR count). The van der Waals surface area contributed by atoms with E-state index >= 15 is 0 Å². The maximum Gasteiger partial charge on any atom is 0.213 e. The number of methoxy groups -OCH3 is 1. The minimum Gasteiger partial charge on any atom is -0.489 e. The molecule has 1 N–H and O–H groups in total. The first kappa shape index (κ1) is 12.2. The van der Waals surface area contributed by atoms with Crippen LogP contribution in [0.3, 0.4) is 0 Å². The van der Waals surface area contributed by atoms with Gasteiger partial charge in [0.15, 0.2) is 0 Å². The third-order valence-corrected chi connectivity index (χ3v) is 2.55. The van der Waals surface area contributed by atoms with Gasteiger partial charge in [-0.15, -0.1) is 0 Å². The van der Waals surface area contributed by atoms with Gasteiger partial charge in [-0.3, -0.25) is 5.41 Å². The Balaban J connectivity index is 2.04. The number of benzene rings is 2. The van der Waals surface area contributed by atoms with Crippen LogP contribution in [0.4, 0.5) is 0 Å². The first-order valence-electron chi connectivity index (χ1n) is 5.69. The van der Waals surface area contributed by atoms with E-state index in [4.69, 9.17) is 14.9 Å². The zero-order chi connectivity index (χ0) is 12.8. The summed E-state index contributed by atoms with van der Waals surface area (Å²) < 4.78 is 10.6. The highest BCUT2D eigenvalue weighted by Crippen LogP contribution is 2.15. The van der Waals surface area contributed by atoms with Gasteiger partial charge in [0.25, 0.3) is 0 Å². The number of rotatable bonds is 4. The van der Waals surface area contributed by atoms with Crippen LogP contribution in [0.5, 0.6) is 5.75 Å². The van der Waals surface area contributed by atoms with Crippen LogP contribution in [0.25, 0.3) is 0 Å². The number of hydrogen-bond acceptors (Lipinski definition) is 3. The Labute approximate surface area is 106 Å². The van der Waals surface area contributed by atoms with E-state index in [2.05, 4.69) is 0 Å². The molecule has 0 heterocycles. The van der Waals surface area contributed by atoms with Gasteiger partial charge in [0.2, 0.25) is 5.90 Å². The summed E-state index contributed by atoms with van der Waals surface area (Å²) in [4.78, 5) is 0. The van der Waals surface area contributed by atoms with Crippen LogP contribution < -0.4 is 4.74 Å². The molecule has 0 radical (unpaired) electrons. The molecule has 0 saturated carbocycles. The summed E-state index contributed by atoms with van der Waals surface area (Å²) in [6.07, 6.45) is 0. The van der Waals surface area contributed by atoms with Crippen LogP contribution >= 0.6 is 0 Å². The molecule has 0 unspecified atom stereocenters. The van der Waals surface area contributed by atoms with Crippen molar-refractivity contribution in [2.45, 2.75) is 6.61 Å². The molecule has 0 aliphatic carbocycles. The third-order valence-electron chi connectivity index (χ3n) is 2.55. The summed E-state index contributed by atoms with van der Waals surface area (Å²) in [5.74, 6) is 0.873. The lowest BCUT2D eigenvalue weighted by Crippen LogP contribution is -2.02. The topological polar surface area (TPSA) is 42.3 Å². The highest BCUT2D eigenvalue weighted by Gasteiger charge is 2.02. The Bertz CT molecular complexity index is 523. The molecule has 92 valence electrons. The highest BCUT2D eigenvalue weighted by atomic mass is 16.5. The fraction of sp³-hybridized carbons (Fsp3) is 0.133. The Morgan fingerprint density at radius 2 is 1.83 bits per heavy atom. The second-order valence-electron chi connectivity index (χ2n) is 3.84. The van der Waals surface area contributed by atoms with E-state index in [9.17, 15) is 0 Å². The van der Waals surface area contributed by atoms with Crippen LogP contribution in [0.15, 0.2) is 54.6 Å². The van der Waals surface area contributed by atoms with Crippen molar-refractivity contribution in [1.29, 1.82) is 5.41 Å². The summed E-state index contributed by atoms with van der Waals surface area (Å²) in [7, 11) is 1.49. The SMILES string of the molecule is COC(=N)c1cccc(OCc2ccccc2)c1. The van der Waals surface area contributed by atoms with E-state index in [-0.39, 0.29) is 5.90 Å². The van der Waals surface area contributed by atoms with Crippen molar-refractivity contribution in [2.24, 2.45) is 0 Å². The van der Waals surface area contributed by atoms with Crippen molar-refractivity contribution in [3.8, 4) is 5.75 Å². The summed E-state index contributed by atoms with van der Waals surface area (Å²) in [5.41, 5.74) is 1.83. The predicted octanol–water partition coefficient (Wildman–Crippen LogP) is 3.24. The summed E-state index contributed by atoms with van der Waals surface area (Å²) in [6.45, 7) is 0.518. The maximum absolute atomic E-state index is 7.59. The van der Waals surface area contributed by atoms with Gasteiger partial charge in [0.05, 0.1) is 7.11 Å². The van der Waals surface area contributed by atoms with E-state index in [1.165, 1.54) is 7.11 Å². The van der Waals surface area contributed by atoms with Gasteiger partial charge in [-0.1, -0.05) is 36.4 Å². The fourth-order valence-corrected chi connectivity index (χ4v) is 1.59. The van der Waals surface area contributed by atoms with Crippen LogP contribution in [0.2, 0.25) is 0 Å². The second kappa shape index (κ2) is 5.87.